The van der Waals surface area contributed by atoms with E-state index in [1.54, 1.807) is 20.8 Å². The number of halogens is 2. The number of hydrogen-bond donors (Lipinski definition) is 1. The standard InChI is InChI=1S/C8H10F2O2/c1-7(2,3)4-5-8(9,10)6(11)12/h1-3H3,(H,11,12). The summed E-state index contributed by atoms with van der Waals surface area (Å²) in [5.41, 5.74) is -0.612. The fraction of sp³-hybridized carbons (Fsp3) is 0.625. The number of alkyl halides is 2. The molecular formula is C8H10F2O2. The van der Waals surface area contributed by atoms with Crippen LogP contribution in [-0.2, 0) is 4.79 Å². The number of carbonyl (C=O) groups is 1. The minimum Gasteiger partial charge on any atom is -0.476 e. The van der Waals surface area contributed by atoms with Gasteiger partial charge in [0.1, 0.15) is 0 Å². The quantitative estimate of drug-likeness (QED) is 0.618. The summed E-state index contributed by atoms with van der Waals surface area (Å²) in [7, 11) is 0. The van der Waals surface area contributed by atoms with Crippen molar-refractivity contribution < 1.29 is 18.7 Å². The van der Waals surface area contributed by atoms with Gasteiger partial charge in [-0.3, -0.25) is 0 Å². The highest BCUT2D eigenvalue weighted by molar-refractivity contribution is 5.79. The summed E-state index contributed by atoms with van der Waals surface area (Å²) >= 11 is 0. The second-order valence-electron chi connectivity index (χ2n) is 3.38. The molecule has 0 aromatic rings. The normalized spacial score (nSPS) is 11.8. The topological polar surface area (TPSA) is 37.3 Å². The van der Waals surface area contributed by atoms with Crippen LogP contribution in [0.5, 0.6) is 0 Å². The molecule has 0 bridgehead atoms. The fourth-order valence-electron chi connectivity index (χ4n) is 0.319. The van der Waals surface area contributed by atoms with Crippen LogP contribution >= 0.6 is 0 Å². The second-order valence-corrected chi connectivity index (χ2v) is 3.38. The zero-order valence-corrected chi connectivity index (χ0v) is 7.11. The molecular weight excluding hydrogens is 166 g/mol. The first-order chi connectivity index (χ1) is 5.15. The minimum absolute atomic E-state index is 0.612. The third-order valence-electron chi connectivity index (χ3n) is 0.863. The summed E-state index contributed by atoms with van der Waals surface area (Å²) in [6.07, 6.45) is 0. The maximum Gasteiger partial charge on any atom is 0.402 e. The molecule has 0 aromatic heterocycles. The van der Waals surface area contributed by atoms with E-state index in [4.69, 9.17) is 5.11 Å². The lowest BCUT2D eigenvalue weighted by Gasteiger charge is -2.08. The minimum atomic E-state index is -3.94. The second kappa shape index (κ2) is 3.10. The first kappa shape index (κ1) is 10.9. The predicted molar refractivity (Wildman–Crippen MR) is 39.8 cm³/mol. The van der Waals surface area contributed by atoms with Crippen LogP contribution in [0, 0.1) is 17.3 Å². The molecule has 0 aliphatic carbocycles. The maximum absolute atomic E-state index is 12.3. The van der Waals surface area contributed by atoms with Gasteiger partial charge in [-0.15, -0.1) is 0 Å². The largest absolute Gasteiger partial charge is 0.476 e. The third-order valence-corrected chi connectivity index (χ3v) is 0.863. The number of carboxylic acid groups (broad SMARTS) is 1. The zero-order chi connectivity index (χ0) is 9.99. The average Bonchev–Trinajstić information content (AvgIpc) is 1.82. The average molecular weight is 176 g/mol. The highest BCUT2D eigenvalue weighted by atomic mass is 19.3. The molecule has 0 spiro atoms. The highest BCUT2D eigenvalue weighted by Crippen LogP contribution is 2.15. The van der Waals surface area contributed by atoms with E-state index < -0.39 is 17.3 Å². The van der Waals surface area contributed by atoms with Crippen molar-refractivity contribution in [3.05, 3.63) is 0 Å². The fourth-order valence-corrected chi connectivity index (χ4v) is 0.319. The number of aliphatic carboxylic acids is 1. The maximum atomic E-state index is 12.3. The van der Waals surface area contributed by atoms with E-state index in [-0.39, 0.29) is 0 Å². The van der Waals surface area contributed by atoms with Gasteiger partial charge in [0.25, 0.3) is 0 Å². The SMILES string of the molecule is CC(C)(C)C#CC(F)(F)C(=O)O. The van der Waals surface area contributed by atoms with Crippen molar-refractivity contribution in [3.63, 3.8) is 0 Å². The lowest BCUT2D eigenvalue weighted by Crippen LogP contribution is -2.26. The molecule has 0 atom stereocenters. The van der Waals surface area contributed by atoms with Gasteiger partial charge in [0.05, 0.1) is 0 Å². The van der Waals surface area contributed by atoms with Crippen molar-refractivity contribution >= 4 is 5.97 Å². The van der Waals surface area contributed by atoms with Crippen molar-refractivity contribution in [3.8, 4) is 11.8 Å². The third kappa shape index (κ3) is 3.91. The predicted octanol–water partition coefficient (Wildman–Crippen LogP) is 1.76. The highest BCUT2D eigenvalue weighted by Gasteiger charge is 2.36. The Balaban J connectivity index is 4.61. The summed E-state index contributed by atoms with van der Waals surface area (Å²) < 4.78 is 24.6. The molecule has 0 radical (unpaired) electrons. The van der Waals surface area contributed by atoms with Gasteiger partial charge in [-0.05, 0) is 26.7 Å². The van der Waals surface area contributed by atoms with Crippen LogP contribution in [0.15, 0.2) is 0 Å². The molecule has 12 heavy (non-hydrogen) atoms. The van der Waals surface area contributed by atoms with Crippen molar-refractivity contribution in [2.45, 2.75) is 26.7 Å². The van der Waals surface area contributed by atoms with Crippen molar-refractivity contribution in [1.82, 2.24) is 0 Å². The van der Waals surface area contributed by atoms with Crippen LogP contribution in [-0.4, -0.2) is 17.0 Å². The summed E-state index contributed by atoms with van der Waals surface area (Å²) in [5.74, 6) is -2.57. The molecule has 1 N–H and O–H groups in total. The molecule has 68 valence electrons. The van der Waals surface area contributed by atoms with E-state index in [0.29, 0.717) is 0 Å². The van der Waals surface area contributed by atoms with Gasteiger partial charge in [0.2, 0.25) is 0 Å². The lowest BCUT2D eigenvalue weighted by molar-refractivity contribution is -0.156. The Morgan fingerprint density at radius 2 is 1.67 bits per heavy atom. The van der Waals surface area contributed by atoms with Gasteiger partial charge >= 0.3 is 11.9 Å². The Morgan fingerprint density at radius 1 is 1.25 bits per heavy atom. The Labute approximate surface area is 69.6 Å². The van der Waals surface area contributed by atoms with Crippen molar-refractivity contribution in [2.24, 2.45) is 5.41 Å². The van der Waals surface area contributed by atoms with E-state index in [9.17, 15) is 13.6 Å². The van der Waals surface area contributed by atoms with Gasteiger partial charge < -0.3 is 5.11 Å². The van der Waals surface area contributed by atoms with Crippen LogP contribution in [0.25, 0.3) is 0 Å². The summed E-state index contributed by atoms with van der Waals surface area (Å²) in [4.78, 5) is 9.89. The first-order valence-corrected chi connectivity index (χ1v) is 3.31. The van der Waals surface area contributed by atoms with Gasteiger partial charge in [-0.25, -0.2) is 4.79 Å². The molecule has 0 fully saturated rings. The van der Waals surface area contributed by atoms with Crippen LogP contribution in [0.1, 0.15) is 20.8 Å². The van der Waals surface area contributed by atoms with Crippen LogP contribution in [0.3, 0.4) is 0 Å². The Kier molecular flexibility index (Phi) is 2.81. The van der Waals surface area contributed by atoms with Crippen LogP contribution in [0.4, 0.5) is 8.78 Å². The molecule has 0 saturated carbocycles. The van der Waals surface area contributed by atoms with E-state index in [1.807, 2.05) is 0 Å². The Hall–Kier alpha value is -1.11. The molecule has 2 nitrogen and oxygen atoms in total. The van der Waals surface area contributed by atoms with Crippen LogP contribution < -0.4 is 0 Å². The van der Waals surface area contributed by atoms with Gasteiger partial charge in [-0.2, -0.15) is 8.78 Å². The number of hydrogen-bond acceptors (Lipinski definition) is 1. The molecule has 0 unspecified atom stereocenters. The van der Waals surface area contributed by atoms with E-state index in [0.717, 1.165) is 0 Å². The molecule has 0 aliphatic rings. The van der Waals surface area contributed by atoms with Gasteiger partial charge in [0.15, 0.2) is 0 Å². The lowest BCUT2D eigenvalue weighted by atomic mass is 9.97. The molecule has 0 aliphatic heterocycles. The summed E-state index contributed by atoms with van der Waals surface area (Å²) in [6, 6.07) is 0. The molecule has 0 amide bonds. The summed E-state index contributed by atoms with van der Waals surface area (Å²) in [6.45, 7) is 4.87. The van der Waals surface area contributed by atoms with Gasteiger partial charge in [-0.1, -0.05) is 5.92 Å². The molecule has 0 saturated heterocycles. The number of rotatable bonds is 1. The smallest absolute Gasteiger partial charge is 0.402 e. The van der Waals surface area contributed by atoms with E-state index >= 15 is 0 Å². The molecule has 0 rings (SSSR count). The van der Waals surface area contributed by atoms with Crippen molar-refractivity contribution in [1.29, 1.82) is 0 Å². The molecule has 4 heteroatoms. The van der Waals surface area contributed by atoms with Crippen molar-refractivity contribution in [2.75, 3.05) is 0 Å². The Morgan fingerprint density at radius 3 is 1.92 bits per heavy atom. The monoisotopic (exact) mass is 176 g/mol. The molecule has 0 aromatic carbocycles. The summed E-state index contributed by atoms with van der Waals surface area (Å²) in [5, 5.41) is 7.99. The first-order valence-electron chi connectivity index (χ1n) is 3.31. The molecule has 0 heterocycles. The Bertz CT molecular complexity index is 240. The van der Waals surface area contributed by atoms with Crippen LogP contribution in [0.2, 0.25) is 0 Å². The van der Waals surface area contributed by atoms with Gasteiger partial charge in [0, 0.05) is 5.41 Å². The van der Waals surface area contributed by atoms with E-state index in [2.05, 4.69) is 5.92 Å². The zero-order valence-electron chi connectivity index (χ0n) is 7.11. The van der Waals surface area contributed by atoms with E-state index in [1.165, 1.54) is 5.92 Å². The number of carboxylic acids is 1.